The van der Waals surface area contributed by atoms with E-state index in [1.54, 1.807) is 25.4 Å². The maximum absolute atomic E-state index is 13.3. The van der Waals surface area contributed by atoms with E-state index in [-0.39, 0.29) is 17.6 Å². The van der Waals surface area contributed by atoms with Gasteiger partial charge < -0.3 is 9.64 Å². The van der Waals surface area contributed by atoms with Crippen molar-refractivity contribution < 1.29 is 14.3 Å². The van der Waals surface area contributed by atoms with Gasteiger partial charge in [-0.05, 0) is 55.5 Å². The fourth-order valence-electron chi connectivity index (χ4n) is 4.06. The first kappa shape index (κ1) is 17.7. The van der Waals surface area contributed by atoms with Crippen molar-refractivity contribution in [2.24, 2.45) is 5.92 Å². The van der Waals surface area contributed by atoms with Gasteiger partial charge in [0, 0.05) is 25.2 Å². The van der Waals surface area contributed by atoms with Gasteiger partial charge in [-0.25, -0.2) is 0 Å². The first-order chi connectivity index (χ1) is 13.1. The third-order valence-corrected chi connectivity index (χ3v) is 5.80. The fourth-order valence-corrected chi connectivity index (χ4v) is 4.06. The minimum Gasteiger partial charge on any atom is -0.497 e. The SMILES string of the molecule is COc1ccc(C2(C(=O)N3CCCC(C(=O)c4ccccn4)C3)CC2)cc1. The van der Waals surface area contributed by atoms with Crippen LogP contribution >= 0.6 is 0 Å². The molecule has 5 nitrogen and oxygen atoms in total. The standard InChI is InChI=1S/C22H24N2O3/c1-27-18-9-7-17(8-10-18)22(11-12-22)21(26)24-14-4-5-16(15-24)20(25)19-6-2-3-13-23-19/h2-3,6-10,13,16H,4-5,11-12,14-15H2,1H3. The summed E-state index contributed by atoms with van der Waals surface area (Å²) < 4.78 is 5.22. The van der Waals surface area contributed by atoms with E-state index < -0.39 is 5.41 Å². The molecular formula is C22H24N2O3. The van der Waals surface area contributed by atoms with E-state index >= 15 is 0 Å². The second kappa shape index (κ2) is 7.14. The lowest BCUT2D eigenvalue weighted by molar-refractivity contribution is -0.135. The van der Waals surface area contributed by atoms with Crippen molar-refractivity contribution in [3.05, 3.63) is 59.9 Å². The number of pyridine rings is 1. The number of piperidine rings is 1. The summed E-state index contributed by atoms with van der Waals surface area (Å²) in [5.41, 5.74) is 1.13. The number of carbonyl (C=O) groups excluding carboxylic acids is 2. The second-order valence-electron chi connectivity index (χ2n) is 7.48. The topological polar surface area (TPSA) is 59.5 Å². The molecule has 5 heteroatoms. The molecule has 27 heavy (non-hydrogen) atoms. The molecule has 2 aromatic rings. The van der Waals surface area contributed by atoms with Crippen molar-refractivity contribution in [1.82, 2.24) is 9.88 Å². The zero-order chi connectivity index (χ0) is 18.9. The Morgan fingerprint density at radius 2 is 1.93 bits per heavy atom. The van der Waals surface area contributed by atoms with Gasteiger partial charge in [-0.3, -0.25) is 14.6 Å². The van der Waals surface area contributed by atoms with Crippen LogP contribution in [0.1, 0.15) is 41.7 Å². The number of Topliss-reactive ketones (excluding diaryl/α,β-unsaturated/α-hetero) is 1. The number of aromatic nitrogens is 1. The van der Waals surface area contributed by atoms with E-state index in [1.807, 2.05) is 35.2 Å². The summed E-state index contributed by atoms with van der Waals surface area (Å²) in [6.45, 7) is 1.22. The number of rotatable bonds is 5. The predicted octanol–water partition coefficient (Wildman–Crippen LogP) is 3.24. The minimum atomic E-state index is -0.414. The summed E-state index contributed by atoms with van der Waals surface area (Å²) in [6, 6.07) is 13.2. The molecule has 1 aliphatic heterocycles. The van der Waals surface area contributed by atoms with E-state index in [4.69, 9.17) is 4.74 Å². The minimum absolute atomic E-state index is 0.0439. The molecule has 4 rings (SSSR count). The van der Waals surface area contributed by atoms with Gasteiger partial charge in [0.2, 0.25) is 5.91 Å². The Morgan fingerprint density at radius 1 is 1.15 bits per heavy atom. The highest BCUT2D eigenvalue weighted by Crippen LogP contribution is 2.50. The lowest BCUT2D eigenvalue weighted by Crippen LogP contribution is -2.46. The molecule has 1 unspecified atom stereocenters. The molecule has 0 radical (unpaired) electrons. The van der Waals surface area contributed by atoms with Crippen LogP contribution in [0.3, 0.4) is 0 Å². The average Bonchev–Trinajstić information content (AvgIpc) is 3.55. The molecule has 0 spiro atoms. The van der Waals surface area contributed by atoms with Crippen molar-refractivity contribution >= 4 is 11.7 Å². The summed E-state index contributed by atoms with van der Waals surface area (Å²) in [6.07, 6.45) is 5.05. The van der Waals surface area contributed by atoms with Gasteiger partial charge in [0.15, 0.2) is 5.78 Å². The van der Waals surface area contributed by atoms with Crippen LogP contribution in [0.5, 0.6) is 5.75 Å². The molecule has 2 aliphatic rings. The summed E-state index contributed by atoms with van der Waals surface area (Å²) in [4.78, 5) is 32.1. The number of nitrogens with zero attached hydrogens (tertiary/aromatic N) is 2. The number of ether oxygens (including phenoxy) is 1. The number of ketones is 1. The van der Waals surface area contributed by atoms with Gasteiger partial charge in [0.25, 0.3) is 0 Å². The first-order valence-corrected chi connectivity index (χ1v) is 9.53. The van der Waals surface area contributed by atoms with Gasteiger partial charge in [0.05, 0.1) is 12.5 Å². The Labute approximate surface area is 159 Å². The lowest BCUT2D eigenvalue weighted by Gasteiger charge is -2.34. The highest BCUT2D eigenvalue weighted by atomic mass is 16.5. The molecule has 140 valence electrons. The van der Waals surface area contributed by atoms with Crippen LogP contribution in [0.2, 0.25) is 0 Å². The molecule has 1 aromatic heterocycles. The molecule has 1 atom stereocenters. The zero-order valence-electron chi connectivity index (χ0n) is 15.6. The van der Waals surface area contributed by atoms with E-state index in [0.29, 0.717) is 12.2 Å². The van der Waals surface area contributed by atoms with Gasteiger partial charge in [0.1, 0.15) is 11.4 Å². The summed E-state index contributed by atoms with van der Waals surface area (Å²) >= 11 is 0. The zero-order valence-corrected chi connectivity index (χ0v) is 15.6. The molecule has 0 bridgehead atoms. The Balaban J connectivity index is 1.49. The molecule has 1 saturated heterocycles. The van der Waals surface area contributed by atoms with E-state index in [0.717, 1.165) is 43.5 Å². The first-order valence-electron chi connectivity index (χ1n) is 9.53. The maximum atomic E-state index is 13.3. The Morgan fingerprint density at radius 3 is 2.56 bits per heavy atom. The Hall–Kier alpha value is -2.69. The predicted molar refractivity (Wildman–Crippen MR) is 102 cm³/mol. The molecule has 0 N–H and O–H groups in total. The molecule has 2 fully saturated rings. The molecular weight excluding hydrogens is 340 g/mol. The van der Waals surface area contributed by atoms with Crippen molar-refractivity contribution in [3.63, 3.8) is 0 Å². The van der Waals surface area contributed by atoms with E-state index in [2.05, 4.69) is 4.98 Å². The Bertz CT molecular complexity index is 828. The smallest absolute Gasteiger partial charge is 0.233 e. The number of benzene rings is 1. The van der Waals surface area contributed by atoms with Crippen molar-refractivity contribution in [2.45, 2.75) is 31.1 Å². The molecule has 1 saturated carbocycles. The lowest BCUT2D eigenvalue weighted by atomic mass is 9.89. The quantitative estimate of drug-likeness (QED) is 0.764. The van der Waals surface area contributed by atoms with E-state index in [1.165, 1.54) is 0 Å². The van der Waals surface area contributed by atoms with Crippen LogP contribution in [0, 0.1) is 5.92 Å². The van der Waals surface area contributed by atoms with Crippen LogP contribution in [0.25, 0.3) is 0 Å². The van der Waals surface area contributed by atoms with Crippen LogP contribution in [0.4, 0.5) is 0 Å². The summed E-state index contributed by atoms with van der Waals surface area (Å²) in [5, 5.41) is 0. The van der Waals surface area contributed by atoms with Crippen LogP contribution in [-0.4, -0.2) is 41.8 Å². The third-order valence-electron chi connectivity index (χ3n) is 5.80. The number of methoxy groups -OCH3 is 1. The molecule has 1 amide bonds. The van der Waals surface area contributed by atoms with Gasteiger partial charge >= 0.3 is 0 Å². The third kappa shape index (κ3) is 3.34. The van der Waals surface area contributed by atoms with Gasteiger partial charge in [-0.2, -0.15) is 0 Å². The summed E-state index contributed by atoms with van der Waals surface area (Å²) in [5.74, 6) is 0.832. The van der Waals surface area contributed by atoms with Crippen molar-refractivity contribution in [2.75, 3.05) is 20.2 Å². The number of hydrogen-bond acceptors (Lipinski definition) is 4. The fraction of sp³-hybridized carbons (Fsp3) is 0.409. The summed E-state index contributed by atoms with van der Waals surface area (Å²) in [7, 11) is 1.64. The van der Waals surface area contributed by atoms with Crippen molar-refractivity contribution in [1.29, 1.82) is 0 Å². The van der Waals surface area contributed by atoms with Crippen LogP contribution < -0.4 is 4.74 Å². The number of likely N-dealkylation sites (tertiary alicyclic amines) is 1. The molecule has 1 aromatic carbocycles. The molecule has 2 heterocycles. The maximum Gasteiger partial charge on any atom is 0.233 e. The average molecular weight is 364 g/mol. The number of amides is 1. The Kier molecular flexibility index (Phi) is 4.68. The van der Waals surface area contributed by atoms with Crippen LogP contribution in [-0.2, 0) is 10.2 Å². The highest BCUT2D eigenvalue weighted by Gasteiger charge is 2.53. The highest BCUT2D eigenvalue weighted by molar-refractivity contribution is 5.97. The van der Waals surface area contributed by atoms with Gasteiger partial charge in [-0.15, -0.1) is 0 Å². The van der Waals surface area contributed by atoms with Gasteiger partial charge in [-0.1, -0.05) is 18.2 Å². The second-order valence-corrected chi connectivity index (χ2v) is 7.48. The molecule has 1 aliphatic carbocycles. The monoisotopic (exact) mass is 364 g/mol. The number of hydrogen-bond donors (Lipinski definition) is 0. The van der Waals surface area contributed by atoms with E-state index in [9.17, 15) is 9.59 Å². The van der Waals surface area contributed by atoms with Crippen LogP contribution in [0.15, 0.2) is 48.7 Å². The normalized spacial score (nSPS) is 20.8. The van der Waals surface area contributed by atoms with Crippen molar-refractivity contribution in [3.8, 4) is 5.75 Å². The number of carbonyl (C=O) groups is 2. The largest absolute Gasteiger partial charge is 0.497 e.